The van der Waals surface area contributed by atoms with Crippen molar-refractivity contribution >= 4 is 29.3 Å². The van der Waals surface area contributed by atoms with Crippen molar-refractivity contribution in [2.75, 3.05) is 14.2 Å². The molecule has 0 fully saturated rings. The molecule has 8 heteroatoms. The van der Waals surface area contributed by atoms with E-state index < -0.39 is 5.97 Å². The van der Waals surface area contributed by atoms with E-state index in [1.807, 2.05) is 24.3 Å². The van der Waals surface area contributed by atoms with E-state index in [0.717, 1.165) is 15.7 Å². The summed E-state index contributed by atoms with van der Waals surface area (Å²) in [6, 6.07) is 10.9. The van der Waals surface area contributed by atoms with Crippen LogP contribution >= 0.6 is 23.3 Å². The Morgan fingerprint density at radius 2 is 2.00 bits per heavy atom. The largest absolute Gasteiger partial charge is 0.497 e. The van der Waals surface area contributed by atoms with Gasteiger partial charge in [-0.2, -0.15) is 4.37 Å². The van der Waals surface area contributed by atoms with E-state index in [1.54, 1.807) is 19.2 Å². The number of hydrogen-bond acceptors (Lipinski definition) is 8. The minimum Gasteiger partial charge on any atom is -0.497 e. The number of furan rings is 1. The van der Waals surface area contributed by atoms with Gasteiger partial charge in [-0.3, -0.25) is 0 Å². The normalized spacial score (nSPS) is 10.6. The van der Waals surface area contributed by atoms with Gasteiger partial charge in [0, 0.05) is 5.56 Å². The van der Waals surface area contributed by atoms with Crippen LogP contribution in [0.2, 0.25) is 0 Å². The van der Waals surface area contributed by atoms with Gasteiger partial charge in [0.25, 0.3) is 0 Å². The van der Waals surface area contributed by atoms with Crippen LogP contribution in [-0.4, -0.2) is 29.5 Å². The van der Waals surface area contributed by atoms with Crippen molar-refractivity contribution in [3.63, 3.8) is 0 Å². The highest BCUT2D eigenvalue weighted by Gasteiger charge is 2.12. The summed E-state index contributed by atoms with van der Waals surface area (Å²) in [6.07, 6.45) is 0. The summed E-state index contributed by atoms with van der Waals surface area (Å²) in [5, 5.41) is 0. The average molecular weight is 362 g/mol. The zero-order valence-electron chi connectivity index (χ0n) is 13.0. The van der Waals surface area contributed by atoms with Gasteiger partial charge in [-0.05, 0) is 47.9 Å². The molecule has 0 saturated heterocycles. The highest BCUT2D eigenvalue weighted by Crippen LogP contribution is 2.29. The van der Waals surface area contributed by atoms with Crippen LogP contribution in [0.3, 0.4) is 0 Å². The van der Waals surface area contributed by atoms with Crippen molar-refractivity contribution in [2.24, 2.45) is 0 Å². The molecular weight excluding hydrogens is 348 g/mol. The zero-order chi connectivity index (χ0) is 16.9. The van der Waals surface area contributed by atoms with Gasteiger partial charge in [0.2, 0.25) is 5.76 Å². The number of aromatic nitrogens is 2. The minimum atomic E-state index is -0.482. The molecule has 24 heavy (non-hydrogen) atoms. The summed E-state index contributed by atoms with van der Waals surface area (Å²) in [5.41, 5.74) is 0.935. The number of esters is 1. The molecule has 0 spiro atoms. The second kappa shape index (κ2) is 7.50. The van der Waals surface area contributed by atoms with Crippen LogP contribution in [0.25, 0.3) is 11.4 Å². The molecule has 0 bridgehead atoms. The van der Waals surface area contributed by atoms with Crippen LogP contribution < -0.4 is 4.74 Å². The van der Waals surface area contributed by atoms with Crippen molar-refractivity contribution in [1.29, 1.82) is 0 Å². The van der Waals surface area contributed by atoms with Crippen molar-refractivity contribution in [1.82, 2.24) is 9.36 Å². The summed E-state index contributed by atoms with van der Waals surface area (Å²) >= 11 is 2.83. The number of carbonyl (C=O) groups is 1. The van der Waals surface area contributed by atoms with E-state index in [9.17, 15) is 4.79 Å². The van der Waals surface area contributed by atoms with Crippen LogP contribution in [0.5, 0.6) is 5.75 Å². The van der Waals surface area contributed by atoms with E-state index >= 15 is 0 Å². The van der Waals surface area contributed by atoms with Gasteiger partial charge in [0.1, 0.15) is 11.5 Å². The van der Waals surface area contributed by atoms with Crippen LogP contribution in [0, 0.1) is 0 Å². The van der Waals surface area contributed by atoms with Gasteiger partial charge in [0.05, 0.1) is 20.0 Å². The topological polar surface area (TPSA) is 74.5 Å². The Kier molecular flexibility index (Phi) is 5.17. The van der Waals surface area contributed by atoms with Crippen LogP contribution in [0.4, 0.5) is 0 Å². The molecule has 0 aliphatic rings. The lowest BCUT2D eigenvalue weighted by molar-refractivity contribution is 0.0563. The third-order valence-corrected chi connectivity index (χ3v) is 5.00. The van der Waals surface area contributed by atoms with Gasteiger partial charge in [0.15, 0.2) is 10.2 Å². The lowest BCUT2D eigenvalue weighted by atomic mass is 10.2. The number of rotatable bonds is 6. The summed E-state index contributed by atoms with van der Waals surface area (Å²) in [4.78, 5) is 15.9. The number of ether oxygens (including phenoxy) is 2. The van der Waals surface area contributed by atoms with Gasteiger partial charge in [-0.1, -0.05) is 11.8 Å². The zero-order valence-corrected chi connectivity index (χ0v) is 14.6. The molecule has 1 aromatic carbocycles. The summed E-state index contributed by atoms with van der Waals surface area (Å²) in [5.74, 6) is 2.44. The number of thioether (sulfide) groups is 1. The molecule has 3 rings (SSSR count). The van der Waals surface area contributed by atoms with E-state index in [-0.39, 0.29) is 5.76 Å². The van der Waals surface area contributed by atoms with Crippen LogP contribution in [0.1, 0.15) is 16.3 Å². The maximum atomic E-state index is 11.4. The first kappa shape index (κ1) is 16.5. The molecule has 0 N–H and O–H groups in total. The van der Waals surface area contributed by atoms with Crippen molar-refractivity contribution < 1.29 is 18.7 Å². The van der Waals surface area contributed by atoms with Crippen LogP contribution in [0.15, 0.2) is 45.2 Å². The van der Waals surface area contributed by atoms with Gasteiger partial charge >= 0.3 is 5.97 Å². The summed E-state index contributed by atoms with van der Waals surface area (Å²) < 4.78 is 20.4. The first-order chi connectivity index (χ1) is 11.7. The molecule has 0 unspecified atom stereocenters. The number of carbonyl (C=O) groups excluding carboxylic acids is 1. The fourth-order valence-corrected chi connectivity index (χ4v) is 3.43. The number of benzene rings is 1. The Morgan fingerprint density at radius 1 is 1.21 bits per heavy atom. The molecule has 124 valence electrons. The average Bonchev–Trinajstić information content (AvgIpc) is 3.29. The molecule has 0 atom stereocenters. The van der Waals surface area contributed by atoms with Gasteiger partial charge in [-0.25, -0.2) is 9.78 Å². The fraction of sp³-hybridized carbons (Fsp3) is 0.188. The van der Waals surface area contributed by atoms with Gasteiger partial charge in [-0.15, -0.1) is 0 Å². The Hall–Kier alpha value is -2.32. The number of nitrogens with zero attached hydrogens (tertiary/aromatic N) is 2. The van der Waals surface area contributed by atoms with Crippen molar-refractivity contribution in [3.05, 3.63) is 47.9 Å². The van der Waals surface area contributed by atoms with Gasteiger partial charge < -0.3 is 13.9 Å². The Labute approximate surface area is 147 Å². The third-order valence-electron chi connectivity index (χ3n) is 3.14. The maximum absolute atomic E-state index is 11.4. The highest BCUT2D eigenvalue weighted by molar-refractivity contribution is 8.00. The number of hydrogen-bond donors (Lipinski definition) is 0. The molecule has 0 saturated carbocycles. The Balaban J connectivity index is 1.63. The first-order valence-corrected chi connectivity index (χ1v) is 8.73. The standard InChI is InChI=1S/C16H14N2O4S2/c1-20-11-5-3-10(4-6-11)14-17-16(24-18-14)23-9-12-7-8-13(22-12)15(19)21-2/h3-8H,9H2,1-2H3. The smallest absolute Gasteiger partial charge is 0.373 e. The monoisotopic (exact) mass is 362 g/mol. The molecule has 0 amide bonds. The maximum Gasteiger partial charge on any atom is 0.373 e. The van der Waals surface area contributed by atoms with Crippen molar-refractivity contribution in [3.8, 4) is 17.1 Å². The quantitative estimate of drug-likeness (QED) is 0.486. The molecule has 3 aromatic rings. The molecular formula is C16H14N2O4S2. The SMILES string of the molecule is COC(=O)c1ccc(CSc2nc(-c3ccc(OC)cc3)ns2)o1. The molecule has 0 radical (unpaired) electrons. The van der Waals surface area contributed by atoms with Crippen LogP contribution in [-0.2, 0) is 10.5 Å². The van der Waals surface area contributed by atoms with E-state index in [1.165, 1.54) is 30.4 Å². The second-order valence-corrected chi connectivity index (χ2v) is 6.63. The predicted molar refractivity (Wildman–Crippen MR) is 91.5 cm³/mol. The second-order valence-electron chi connectivity index (χ2n) is 4.66. The highest BCUT2D eigenvalue weighted by atomic mass is 32.2. The summed E-state index contributed by atoms with van der Waals surface area (Å²) in [6.45, 7) is 0. The Bertz CT molecular complexity index is 827. The number of methoxy groups -OCH3 is 2. The molecule has 0 aliphatic carbocycles. The Morgan fingerprint density at radius 3 is 2.71 bits per heavy atom. The predicted octanol–water partition coefficient (Wildman–Crippen LogP) is 3.89. The molecule has 2 heterocycles. The minimum absolute atomic E-state index is 0.198. The summed E-state index contributed by atoms with van der Waals surface area (Å²) in [7, 11) is 2.95. The lowest BCUT2D eigenvalue weighted by Gasteiger charge is -1.99. The fourth-order valence-electron chi connectivity index (χ4n) is 1.92. The van der Waals surface area contributed by atoms with E-state index in [4.69, 9.17) is 9.15 Å². The molecule has 0 aliphatic heterocycles. The van der Waals surface area contributed by atoms with Crippen molar-refractivity contribution in [2.45, 2.75) is 10.1 Å². The lowest BCUT2D eigenvalue weighted by Crippen LogP contribution is -1.98. The molecule has 6 nitrogen and oxygen atoms in total. The molecule has 2 aromatic heterocycles. The first-order valence-electron chi connectivity index (χ1n) is 6.97. The third kappa shape index (κ3) is 3.77. The van der Waals surface area contributed by atoms with E-state index in [0.29, 0.717) is 17.3 Å². The van der Waals surface area contributed by atoms with E-state index in [2.05, 4.69) is 14.1 Å².